The lowest BCUT2D eigenvalue weighted by atomic mass is 9.89. The zero-order valence-corrected chi connectivity index (χ0v) is 20.1. The van der Waals surface area contributed by atoms with Gasteiger partial charge in [-0.1, -0.05) is 6.92 Å². The molecule has 1 amide bonds. The number of ether oxygens (including phenoxy) is 1. The van der Waals surface area contributed by atoms with Gasteiger partial charge >= 0.3 is 0 Å². The first-order valence-corrected chi connectivity index (χ1v) is 12.9. The average Bonchev–Trinajstić information content (AvgIpc) is 3.46. The zero-order chi connectivity index (χ0) is 22.2. The number of fused-ring (bicyclic) bond motifs is 3. The van der Waals surface area contributed by atoms with Crippen molar-refractivity contribution in [1.82, 2.24) is 24.7 Å². The topological polar surface area (TPSA) is 109 Å². The van der Waals surface area contributed by atoms with Crippen LogP contribution in [0, 0.1) is 12.8 Å². The SMILES string of the molecule is Cc1nc(Sc2nnc(CCC(N)=O)n2CC2CCCO2)c2c3c(sc2n1)CC(C)CC3. The fourth-order valence-corrected chi connectivity index (χ4v) is 7.10. The molecule has 1 aliphatic heterocycles. The van der Waals surface area contributed by atoms with Crippen LogP contribution in [0.5, 0.6) is 0 Å². The van der Waals surface area contributed by atoms with E-state index in [1.54, 1.807) is 11.8 Å². The molecule has 0 bridgehead atoms. The summed E-state index contributed by atoms with van der Waals surface area (Å²) in [5, 5.41) is 11.8. The van der Waals surface area contributed by atoms with E-state index in [2.05, 4.69) is 21.7 Å². The van der Waals surface area contributed by atoms with Gasteiger partial charge in [0.05, 0.1) is 12.6 Å². The van der Waals surface area contributed by atoms with Crippen LogP contribution in [-0.2, 0) is 35.3 Å². The number of nitrogens with zero attached hydrogens (tertiary/aromatic N) is 5. The molecule has 0 saturated carbocycles. The minimum atomic E-state index is -0.335. The minimum absolute atomic E-state index is 0.139. The Morgan fingerprint density at radius 2 is 2.19 bits per heavy atom. The normalized spacial score (nSPS) is 20.7. The number of aryl methyl sites for hydroxylation is 3. The molecule has 2 N–H and O–H groups in total. The highest BCUT2D eigenvalue weighted by Gasteiger charge is 2.26. The molecule has 8 nitrogen and oxygen atoms in total. The van der Waals surface area contributed by atoms with Crippen molar-refractivity contribution in [3.05, 3.63) is 22.1 Å². The number of carbonyl (C=O) groups is 1. The molecule has 2 aliphatic rings. The number of carbonyl (C=O) groups excluding carboxylic acids is 1. The fraction of sp³-hybridized carbons (Fsp3) is 0.591. The summed E-state index contributed by atoms with van der Waals surface area (Å²) in [5.74, 6) is 1.91. The molecule has 1 aliphatic carbocycles. The fourth-order valence-electron chi connectivity index (χ4n) is 4.56. The number of hydrogen-bond donors (Lipinski definition) is 1. The first kappa shape index (κ1) is 21.8. The summed E-state index contributed by atoms with van der Waals surface area (Å²) in [5.41, 5.74) is 6.79. The van der Waals surface area contributed by atoms with Crippen molar-refractivity contribution in [1.29, 1.82) is 0 Å². The average molecular weight is 473 g/mol. The molecule has 1 saturated heterocycles. The van der Waals surface area contributed by atoms with Crippen LogP contribution in [0.25, 0.3) is 10.2 Å². The van der Waals surface area contributed by atoms with Crippen LogP contribution in [0.4, 0.5) is 0 Å². The number of nitrogens with two attached hydrogens (primary N) is 1. The quantitative estimate of drug-likeness (QED) is 0.525. The Morgan fingerprint density at radius 3 is 2.97 bits per heavy atom. The van der Waals surface area contributed by atoms with Gasteiger partial charge < -0.3 is 15.0 Å². The Hall–Kier alpha value is -2.04. The summed E-state index contributed by atoms with van der Waals surface area (Å²) < 4.78 is 7.96. The Labute approximate surface area is 195 Å². The van der Waals surface area contributed by atoms with Crippen molar-refractivity contribution in [3.8, 4) is 0 Å². The highest BCUT2D eigenvalue weighted by atomic mass is 32.2. The molecule has 10 heteroatoms. The molecule has 3 aromatic heterocycles. The lowest BCUT2D eigenvalue weighted by molar-refractivity contribution is -0.118. The molecule has 0 spiro atoms. The monoisotopic (exact) mass is 472 g/mol. The van der Waals surface area contributed by atoms with E-state index in [4.69, 9.17) is 20.4 Å². The number of hydrogen-bond acceptors (Lipinski definition) is 8. The van der Waals surface area contributed by atoms with E-state index in [0.29, 0.717) is 18.9 Å². The van der Waals surface area contributed by atoms with Crippen LogP contribution in [-0.4, -0.2) is 43.4 Å². The smallest absolute Gasteiger partial charge is 0.217 e. The lowest BCUT2D eigenvalue weighted by Gasteiger charge is -2.18. The zero-order valence-electron chi connectivity index (χ0n) is 18.5. The number of rotatable bonds is 7. The summed E-state index contributed by atoms with van der Waals surface area (Å²) in [7, 11) is 0. The Morgan fingerprint density at radius 1 is 1.31 bits per heavy atom. The molecule has 5 rings (SSSR count). The van der Waals surface area contributed by atoms with E-state index < -0.39 is 0 Å². The molecule has 0 radical (unpaired) electrons. The molecule has 2 atom stereocenters. The van der Waals surface area contributed by atoms with E-state index in [1.807, 2.05) is 18.3 Å². The summed E-state index contributed by atoms with van der Waals surface area (Å²) in [6, 6.07) is 0. The Balaban J connectivity index is 1.52. The third kappa shape index (κ3) is 4.40. The summed E-state index contributed by atoms with van der Waals surface area (Å²) in [6.07, 6.45) is 6.33. The van der Waals surface area contributed by atoms with Crippen molar-refractivity contribution >= 4 is 39.2 Å². The standard InChI is InChI=1S/C22H28N6O2S2/c1-12-5-6-15-16(10-12)31-20-19(15)21(25-13(2)24-20)32-22-27-26-18(8-7-17(23)29)28(22)11-14-4-3-9-30-14/h12,14H,3-11H2,1-2H3,(H2,23,29). The minimum Gasteiger partial charge on any atom is -0.376 e. The molecular weight excluding hydrogens is 444 g/mol. The number of thiophene rings is 1. The van der Waals surface area contributed by atoms with Crippen molar-refractivity contribution in [2.45, 2.75) is 81.6 Å². The van der Waals surface area contributed by atoms with Gasteiger partial charge in [-0.15, -0.1) is 21.5 Å². The van der Waals surface area contributed by atoms with Gasteiger partial charge in [-0.25, -0.2) is 9.97 Å². The van der Waals surface area contributed by atoms with Gasteiger partial charge in [0.15, 0.2) is 5.16 Å². The second kappa shape index (κ2) is 9.07. The highest BCUT2D eigenvalue weighted by Crippen LogP contribution is 2.42. The largest absolute Gasteiger partial charge is 0.376 e. The Bertz CT molecular complexity index is 1150. The second-order valence-electron chi connectivity index (χ2n) is 8.82. The summed E-state index contributed by atoms with van der Waals surface area (Å²) in [4.78, 5) is 23.4. The van der Waals surface area contributed by atoms with Gasteiger partial charge in [0.2, 0.25) is 5.91 Å². The van der Waals surface area contributed by atoms with Crippen LogP contribution in [0.15, 0.2) is 10.2 Å². The lowest BCUT2D eigenvalue weighted by Crippen LogP contribution is -2.19. The maximum absolute atomic E-state index is 11.4. The van der Waals surface area contributed by atoms with Crippen LogP contribution >= 0.6 is 23.1 Å². The van der Waals surface area contributed by atoms with Crippen LogP contribution in [0.2, 0.25) is 0 Å². The number of amides is 1. The Kier molecular flexibility index (Phi) is 6.18. The van der Waals surface area contributed by atoms with Crippen LogP contribution < -0.4 is 5.73 Å². The summed E-state index contributed by atoms with van der Waals surface area (Å²) >= 11 is 3.36. The molecule has 4 heterocycles. The summed E-state index contributed by atoms with van der Waals surface area (Å²) in [6.45, 7) is 5.73. The number of aromatic nitrogens is 5. The third-order valence-electron chi connectivity index (χ3n) is 6.22. The molecule has 0 aromatic carbocycles. The van der Waals surface area contributed by atoms with Crippen molar-refractivity contribution in [2.24, 2.45) is 11.7 Å². The van der Waals surface area contributed by atoms with Gasteiger partial charge in [-0.05, 0) is 62.3 Å². The van der Waals surface area contributed by atoms with E-state index in [-0.39, 0.29) is 18.4 Å². The van der Waals surface area contributed by atoms with E-state index >= 15 is 0 Å². The third-order valence-corrected chi connectivity index (χ3v) is 8.34. The van der Waals surface area contributed by atoms with E-state index in [1.165, 1.54) is 22.2 Å². The van der Waals surface area contributed by atoms with Gasteiger partial charge in [-0.3, -0.25) is 4.79 Å². The van der Waals surface area contributed by atoms with Crippen molar-refractivity contribution in [3.63, 3.8) is 0 Å². The number of primary amides is 1. The van der Waals surface area contributed by atoms with Gasteiger partial charge in [-0.2, -0.15) is 0 Å². The van der Waals surface area contributed by atoms with E-state index in [9.17, 15) is 4.79 Å². The van der Waals surface area contributed by atoms with Crippen molar-refractivity contribution < 1.29 is 9.53 Å². The molecule has 3 aromatic rings. The first-order chi connectivity index (χ1) is 15.5. The molecule has 1 fully saturated rings. The maximum atomic E-state index is 11.4. The molecular formula is C22H28N6O2S2. The van der Waals surface area contributed by atoms with Gasteiger partial charge in [0.25, 0.3) is 0 Å². The van der Waals surface area contributed by atoms with Crippen LogP contribution in [0.3, 0.4) is 0 Å². The predicted molar refractivity (Wildman–Crippen MR) is 124 cm³/mol. The van der Waals surface area contributed by atoms with Crippen LogP contribution in [0.1, 0.15) is 54.7 Å². The second-order valence-corrected chi connectivity index (χ2v) is 10.9. The van der Waals surface area contributed by atoms with Gasteiger partial charge in [0.1, 0.15) is 21.5 Å². The predicted octanol–water partition coefficient (Wildman–Crippen LogP) is 3.46. The van der Waals surface area contributed by atoms with Crippen molar-refractivity contribution in [2.75, 3.05) is 6.61 Å². The molecule has 2 unspecified atom stereocenters. The molecule has 32 heavy (non-hydrogen) atoms. The molecule has 170 valence electrons. The maximum Gasteiger partial charge on any atom is 0.217 e. The highest BCUT2D eigenvalue weighted by molar-refractivity contribution is 7.99. The first-order valence-electron chi connectivity index (χ1n) is 11.3. The van der Waals surface area contributed by atoms with E-state index in [0.717, 1.165) is 59.0 Å². The van der Waals surface area contributed by atoms with Gasteiger partial charge in [0, 0.05) is 29.7 Å².